The standard InChI is InChI=1S/C48H46BN2O2S/c1-28-22-31(30-14-13-19-44-46(30)50-35-15-9-12-18-43(35)54(44,7)8)45-38(23-28)51(36-25-33-32(24-29(36)2)47(3,4)20-21-48(33,5)6)37-27-42-41(26-34(37)49-45)52-39-16-10-11-17-40(39)53-42/h9-19,22-27,50H,20-21H2,1-8H3. The van der Waals surface area contributed by atoms with Gasteiger partial charge in [0.15, 0.2) is 30.3 Å². The monoisotopic (exact) mass is 725 g/mol. The Morgan fingerprint density at radius 1 is 0.630 bits per heavy atom. The topological polar surface area (TPSA) is 33.7 Å². The summed E-state index contributed by atoms with van der Waals surface area (Å²) in [6.07, 6.45) is 7.19. The van der Waals surface area contributed by atoms with Crippen LogP contribution in [0.25, 0.3) is 11.1 Å². The van der Waals surface area contributed by atoms with E-state index in [0.717, 1.165) is 40.6 Å². The van der Waals surface area contributed by atoms with E-state index in [1.807, 2.05) is 24.3 Å². The van der Waals surface area contributed by atoms with Gasteiger partial charge in [0, 0.05) is 38.5 Å². The van der Waals surface area contributed by atoms with Crippen molar-refractivity contribution in [2.45, 2.75) is 75.0 Å². The lowest BCUT2D eigenvalue weighted by Crippen LogP contribution is -2.42. The van der Waals surface area contributed by atoms with Crippen LogP contribution in [0, 0.1) is 13.8 Å². The van der Waals surface area contributed by atoms with Gasteiger partial charge in [-0.2, -0.15) is 10.0 Å². The molecule has 1 aliphatic carbocycles. The van der Waals surface area contributed by atoms with E-state index in [0.29, 0.717) is 0 Å². The molecule has 0 spiro atoms. The molecule has 6 aromatic rings. The van der Waals surface area contributed by atoms with Crippen LogP contribution in [0.15, 0.2) is 113 Å². The molecule has 1 radical (unpaired) electrons. The highest BCUT2D eigenvalue weighted by molar-refractivity contribution is 8.33. The molecule has 0 bridgehead atoms. The summed E-state index contributed by atoms with van der Waals surface area (Å²) in [7, 11) is 1.12. The molecular weight excluding hydrogens is 679 g/mol. The molecule has 0 fully saturated rings. The molecule has 6 aromatic carbocycles. The van der Waals surface area contributed by atoms with Crippen LogP contribution >= 0.6 is 10.0 Å². The minimum atomic E-state index is -1.25. The smallest absolute Gasteiger partial charge is 0.198 e. The third kappa shape index (κ3) is 4.92. The molecular formula is C48H46BN2O2S. The average molecular weight is 726 g/mol. The fourth-order valence-electron chi connectivity index (χ4n) is 9.30. The van der Waals surface area contributed by atoms with Crippen molar-refractivity contribution in [1.82, 2.24) is 0 Å². The van der Waals surface area contributed by atoms with Gasteiger partial charge in [-0.15, -0.1) is 0 Å². The number of rotatable bonds is 2. The first-order valence-electron chi connectivity index (χ1n) is 19.1. The van der Waals surface area contributed by atoms with E-state index in [-0.39, 0.29) is 10.8 Å². The maximum absolute atomic E-state index is 6.55. The van der Waals surface area contributed by atoms with Crippen LogP contribution in [0.5, 0.6) is 23.0 Å². The molecule has 0 unspecified atom stereocenters. The van der Waals surface area contributed by atoms with Gasteiger partial charge in [0.05, 0.1) is 11.4 Å². The molecule has 0 atom stereocenters. The molecule has 0 saturated heterocycles. The van der Waals surface area contributed by atoms with Crippen LogP contribution in [0.2, 0.25) is 0 Å². The van der Waals surface area contributed by atoms with E-state index in [4.69, 9.17) is 9.47 Å². The Labute approximate surface area is 322 Å². The van der Waals surface area contributed by atoms with Crippen molar-refractivity contribution < 1.29 is 9.47 Å². The van der Waals surface area contributed by atoms with Gasteiger partial charge in [-0.05, 0) is 132 Å². The van der Waals surface area contributed by atoms with Gasteiger partial charge in [0.1, 0.15) is 0 Å². The fourth-order valence-corrected chi connectivity index (χ4v) is 11.7. The van der Waals surface area contributed by atoms with Crippen molar-refractivity contribution in [1.29, 1.82) is 0 Å². The van der Waals surface area contributed by atoms with E-state index >= 15 is 0 Å². The highest BCUT2D eigenvalue weighted by atomic mass is 32.3. The van der Waals surface area contributed by atoms with Crippen LogP contribution in [-0.4, -0.2) is 19.8 Å². The Bertz CT molecular complexity index is 2590. The average Bonchev–Trinajstić information content (AvgIpc) is 3.14. The minimum absolute atomic E-state index is 0.0648. The summed E-state index contributed by atoms with van der Waals surface area (Å²) in [4.78, 5) is 5.29. The van der Waals surface area contributed by atoms with Gasteiger partial charge < -0.3 is 19.7 Å². The SMILES string of the molecule is Cc1cc(-c2cccc3c2Nc2ccccc2S3(C)C)c2c(c1)N(c1cc3c(cc1C)C(C)(C)CCC3(C)C)c1cc3c(cc1[B]2)Oc1ccccc1O3. The second-order valence-electron chi connectivity index (χ2n) is 17.3. The lowest BCUT2D eigenvalue weighted by atomic mass is 9.57. The lowest BCUT2D eigenvalue weighted by Gasteiger charge is -2.44. The maximum Gasteiger partial charge on any atom is 0.198 e. The summed E-state index contributed by atoms with van der Waals surface area (Å²) in [5, 5.41) is 3.92. The van der Waals surface area contributed by atoms with E-state index in [9.17, 15) is 0 Å². The predicted molar refractivity (Wildman–Crippen MR) is 229 cm³/mol. The molecule has 4 nitrogen and oxygen atoms in total. The number of ether oxygens (including phenoxy) is 2. The van der Waals surface area contributed by atoms with E-state index in [1.165, 1.54) is 77.8 Å². The van der Waals surface area contributed by atoms with Gasteiger partial charge >= 0.3 is 0 Å². The van der Waals surface area contributed by atoms with Gasteiger partial charge in [-0.1, -0.05) is 81.7 Å². The molecule has 6 heteroatoms. The van der Waals surface area contributed by atoms with Crippen molar-refractivity contribution in [3.63, 3.8) is 0 Å². The molecule has 0 saturated carbocycles. The number of nitrogens with zero attached hydrogens (tertiary/aromatic N) is 1. The first-order chi connectivity index (χ1) is 25.8. The Balaban J connectivity index is 1.22. The van der Waals surface area contributed by atoms with Gasteiger partial charge in [0.25, 0.3) is 0 Å². The molecule has 4 aliphatic rings. The third-order valence-corrected chi connectivity index (χ3v) is 15.3. The molecule has 1 N–H and O–H groups in total. The van der Waals surface area contributed by atoms with Crippen molar-refractivity contribution in [2.75, 3.05) is 22.7 Å². The van der Waals surface area contributed by atoms with Crippen LogP contribution in [-0.2, 0) is 10.8 Å². The Morgan fingerprint density at radius 2 is 1.28 bits per heavy atom. The number of hydrogen-bond donors (Lipinski definition) is 1. The van der Waals surface area contributed by atoms with Crippen LogP contribution < -0.4 is 30.6 Å². The summed E-state index contributed by atoms with van der Waals surface area (Å²) in [6.45, 7) is 14.2. The summed E-state index contributed by atoms with van der Waals surface area (Å²) in [5.41, 5.74) is 16.2. The van der Waals surface area contributed by atoms with Crippen molar-refractivity contribution in [2.24, 2.45) is 0 Å². The van der Waals surface area contributed by atoms with Crippen LogP contribution in [0.1, 0.15) is 62.8 Å². The number of fused-ring (bicyclic) bond motifs is 7. The van der Waals surface area contributed by atoms with E-state index in [2.05, 4.69) is 150 Å². The lowest BCUT2D eigenvalue weighted by molar-refractivity contribution is 0.332. The maximum atomic E-state index is 6.55. The second-order valence-corrected chi connectivity index (χ2v) is 20.8. The quantitative estimate of drug-likeness (QED) is 0.180. The molecule has 0 aromatic heterocycles. The number of hydrogen-bond acceptors (Lipinski definition) is 4. The number of nitrogens with one attached hydrogen (secondary N) is 1. The highest BCUT2D eigenvalue weighted by Gasteiger charge is 2.40. The van der Waals surface area contributed by atoms with Crippen molar-refractivity contribution in [3.05, 3.63) is 125 Å². The first-order valence-corrected chi connectivity index (χ1v) is 21.6. The van der Waals surface area contributed by atoms with Crippen molar-refractivity contribution >= 4 is 56.7 Å². The number of benzene rings is 6. The predicted octanol–water partition coefficient (Wildman–Crippen LogP) is 12.2. The zero-order chi connectivity index (χ0) is 37.3. The highest BCUT2D eigenvalue weighted by Crippen LogP contribution is 2.65. The zero-order valence-corrected chi connectivity index (χ0v) is 33.3. The normalized spacial score (nSPS) is 18.0. The molecule has 269 valence electrons. The number of para-hydroxylation sites is 4. The van der Waals surface area contributed by atoms with Crippen molar-refractivity contribution in [3.8, 4) is 34.1 Å². The first kappa shape index (κ1) is 33.5. The van der Waals surface area contributed by atoms with E-state index < -0.39 is 10.0 Å². The van der Waals surface area contributed by atoms with Gasteiger partial charge in [-0.3, -0.25) is 0 Å². The zero-order valence-electron chi connectivity index (χ0n) is 32.5. The number of anilines is 5. The second kappa shape index (κ2) is 11.5. The van der Waals surface area contributed by atoms with E-state index in [1.54, 1.807) is 0 Å². The molecule has 10 rings (SSSR count). The Kier molecular flexibility index (Phi) is 7.12. The third-order valence-electron chi connectivity index (χ3n) is 12.4. The largest absolute Gasteiger partial charge is 0.450 e. The number of aryl methyl sites for hydroxylation is 2. The summed E-state index contributed by atoms with van der Waals surface area (Å²) in [6, 6.07) is 37.7. The Hall–Kier alpha value is -5.07. The molecule has 3 aliphatic heterocycles. The summed E-state index contributed by atoms with van der Waals surface area (Å²) >= 11 is 0. The molecule has 3 heterocycles. The van der Waals surface area contributed by atoms with Crippen LogP contribution in [0.4, 0.5) is 28.4 Å². The van der Waals surface area contributed by atoms with Gasteiger partial charge in [0.2, 0.25) is 0 Å². The minimum Gasteiger partial charge on any atom is -0.450 e. The van der Waals surface area contributed by atoms with Crippen LogP contribution in [0.3, 0.4) is 0 Å². The molecule has 54 heavy (non-hydrogen) atoms. The Morgan fingerprint density at radius 3 is 2.02 bits per heavy atom. The summed E-state index contributed by atoms with van der Waals surface area (Å²) < 4.78 is 13.1. The fraction of sp³-hybridized carbons (Fsp3) is 0.250. The van der Waals surface area contributed by atoms with Gasteiger partial charge in [-0.25, -0.2) is 0 Å². The molecule has 0 amide bonds. The summed E-state index contributed by atoms with van der Waals surface area (Å²) in [5.74, 6) is 2.92.